The van der Waals surface area contributed by atoms with Crippen LogP contribution in [0.3, 0.4) is 0 Å². The minimum absolute atomic E-state index is 0.221. The van der Waals surface area contributed by atoms with Crippen LogP contribution < -0.4 is 16.4 Å². The first-order valence-electron chi connectivity index (χ1n) is 7.73. The second kappa shape index (κ2) is 5.19. The van der Waals surface area contributed by atoms with Crippen molar-refractivity contribution in [2.75, 3.05) is 4.90 Å². The van der Waals surface area contributed by atoms with Gasteiger partial charge in [0.1, 0.15) is 11.4 Å². The molecule has 1 aromatic rings. The van der Waals surface area contributed by atoms with E-state index in [9.17, 15) is 5.11 Å². The van der Waals surface area contributed by atoms with Crippen LogP contribution in [-0.4, -0.2) is 22.7 Å². The molecular weight excluding hydrogens is 278 g/mol. The minimum Gasteiger partial charge on any atom is -0.505 e. The molecule has 1 heterocycles. The Morgan fingerprint density at radius 3 is 2.50 bits per heavy atom. The summed E-state index contributed by atoms with van der Waals surface area (Å²) in [5, 5.41) is 10.6. The number of phenols is 1. The maximum atomic E-state index is 10.6. The molecule has 1 saturated carbocycles. The number of benzene rings is 1. The number of anilines is 1. The number of hydrogen-bond acceptors (Lipinski definition) is 6. The molecule has 118 valence electrons. The third-order valence-corrected chi connectivity index (χ3v) is 4.77. The van der Waals surface area contributed by atoms with Gasteiger partial charge in [-0.05, 0) is 56.7 Å². The molecule has 0 bridgehead atoms. The summed E-state index contributed by atoms with van der Waals surface area (Å²) >= 11 is 0. The Labute approximate surface area is 130 Å². The Hall–Kier alpha value is -2.24. The fraction of sp³-hybridized carbons (Fsp3) is 0.500. The van der Waals surface area contributed by atoms with Crippen LogP contribution in [0, 0.1) is 13.8 Å². The van der Waals surface area contributed by atoms with E-state index >= 15 is 0 Å². The molecule has 1 aliphatic heterocycles. The van der Waals surface area contributed by atoms with Crippen molar-refractivity contribution in [1.82, 2.24) is 0 Å². The quantitative estimate of drug-likeness (QED) is 0.739. The zero-order valence-corrected chi connectivity index (χ0v) is 13.1. The molecular formula is C16H23N5O. The standard InChI is InChI=1S/C16H23N5O/c1-10-6-7-12(13(22)11(10)2)21-15(18)19-14(17)20-16(21)8-4-3-5-9-16/h6-7,22H,3-5,8-9H2,1-2H3,(H4,17,18,19,20). The predicted octanol–water partition coefficient (Wildman–Crippen LogP) is 2.12. The van der Waals surface area contributed by atoms with Gasteiger partial charge in [0.05, 0.1) is 5.69 Å². The molecule has 5 N–H and O–H groups in total. The second-order valence-electron chi connectivity index (χ2n) is 6.19. The number of phenolic OH excluding ortho intramolecular Hbond substituents is 1. The Balaban J connectivity index is 2.14. The Morgan fingerprint density at radius 2 is 1.82 bits per heavy atom. The molecule has 1 fully saturated rings. The number of aromatic hydroxyl groups is 1. The van der Waals surface area contributed by atoms with Gasteiger partial charge in [-0.1, -0.05) is 12.5 Å². The van der Waals surface area contributed by atoms with E-state index in [1.54, 1.807) is 0 Å². The SMILES string of the molecule is Cc1ccc(N2C(N)=NC(N)=NC23CCCCC3)c(O)c1C. The van der Waals surface area contributed by atoms with Gasteiger partial charge >= 0.3 is 0 Å². The third kappa shape index (κ3) is 2.19. The van der Waals surface area contributed by atoms with E-state index < -0.39 is 5.66 Å². The molecule has 0 saturated heterocycles. The monoisotopic (exact) mass is 301 g/mol. The first-order chi connectivity index (χ1) is 10.4. The van der Waals surface area contributed by atoms with Gasteiger partial charge in [-0.25, -0.2) is 4.99 Å². The van der Waals surface area contributed by atoms with Crippen LogP contribution in [-0.2, 0) is 0 Å². The zero-order chi connectivity index (χ0) is 15.9. The number of nitrogens with two attached hydrogens (primary N) is 2. The van der Waals surface area contributed by atoms with Crippen molar-refractivity contribution >= 4 is 17.6 Å². The maximum Gasteiger partial charge on any atom is 0.220 e. The molecule has 1 aromatic carbocycles. The molecule has 0 unspecified atom stereocenters. The topological polar surface area (TPSA) is 100 Å². The molecule has 1 spiro atoms. The summed E-state index contributed by atoms with van der Waals surface area (Å²) in [7, 11) is 0. The second-order valence-corrected chi connectivity index (χ2v) is 6.19. The molecule has 3 rings (SSSR count). The lowest BCUT2D eigenvalue weighted by Gasteiger charge is -2.45. The molecule has 0 atom stereocenters. The average Bonchev–Trinajstić information content (AvgIpc) is 2.47. The Kier molecular flexibility index (Phi) is 3.47. The Bertz CT molecular complexity index is 659. The number of rotatable bonds is 1. The number of hydrogen-bond donors (Lipinski definition) is 3. The molecule has 22 heavy (non-hydrogen) atoms. The van der Waals surface area contributed by atoms with Crippen LogP contribution in [0.1, 0.15) is 43.2 Å². The van der Waals surface area contributed by atoms with Gasteiger partial charge in [0.25, 0.3) is 0 Å². The van der Waals surface area contributed by atoms with E-state index in [-0.39, 0.29) is 11.7 Å². The van der Waals surface area contributed by atoms with Gasteiger partial charge in [-0.3, -0.25) is 4.90 Å². The highest BCUT2D eigenvalue weighted by atomic mass is 16.3. The van der Waals surface area contributed by atoms with Gasteiger partial charge in [-0.15, -0.1) is 0 Å². The van der Waals surface area contributed by atoms with Crippen LogP contribution in [0.15, 0.2) is 22.1 Å². The highest BCUT2D eigenvalue weighted by molar-refractivity contribution is 6.06. The lowest BCUT2D eigenvalue weighted by atomic mass is 9.87. The Morgan fingerprint density at radius 1 is 1.14 bits per heavy atom. The van der Waals surface area contributed by atoms with Gasteiger partial charge in [0.15, 0.2) is 0 Å². The lowest BCUT2D eigenvalue weighted by Crippen LogP contribution is -2.58. The van der Waals surface area contributed by atoms with E-state index in [0.29, 0.717) is 11.6 Å². The fourth-order valence-electron chi connectivity index (χ4n) is 3.44. The summed E-state index contributed by atoms with van der Waals surface area (Å²) in [6.45, 7) is 3.87. The van der Waals surface area contributed by atoms with Gasteiger partial charge < -0.3 is 16.6 Å². The summed E-state index contributed by atoms with van der Waals surface area (Å²) in [5.41, 5.74) is 14.0. The third-order valence-electron chi connectivity index (χ3n) is 4.77. The van der Waals surface area contributed by atoms with E-state index in [4.69, 9.17) is 11.5 Å². The van der Waals surface area contributed by atoms with Crippen molar-refractivity contribution < 1.29 is 5.11 Å². The molecule has 0 radical (unpaired) electrons. The highest BCUT2D eigenvalue weighted by Crippen LogP contribution is 2.43. The van der Waals surface area contributed by atoms with Crippen LogP contribution in [0.25, 0.3) is 0 Å². The lowest BCUT2D eigenvalue weighted by molar-refractivity contribution is 0.303. The van der Waals surface area contributed by atoms with Gasteiger partial charge in [0, 0.05) is 0 Å². The van der Waals surface area contributed by atoms with Gasteiger partial charge in [0.2, 0.25) is 11.9 Å². The zero-order valence-electron chi connectivity index (χ0n) is 13.1. The molecule has 6 nitrogen and oxygen atoms in total. The van der Waals surface area contributed by atoms with E-state index in [1.165, 1.54) is 6.42 Å². The summed E-state index contributed by atoms with van der Waals surface area (Å²) in [4.78, 5) is 10.6. The van der Waals surface area contributed by atoms with Gasteiger partial charge in [-0.2, -0.15) is 4.99 Å². The summed E-state index contributed by atoms with van der Waals surface area (Å²) in [6.07, 6.45) is 5.02. The van der Waals surface area contributed by atoms with Crippen LogP contribution in [0.2, 0.25) is 0 Å². The smallest absolute Gasteiger partial charge is 0.220 e. The normalized spacial score (nSPS) is 20.7. The van der Waals surface area contributed by atoms with Crippen molar-refractivity contribution in [1.29, 1.82) is 0 Å². The van der Waals surface area contributed by atoms with Crippen LogP contribution in [0.5, 0.6) is 5.75 Å². The molecule has 6 heteroatoms. The van der Waals surface area contributed by atoms with E-state index in [2.05, 4.69) is 9.98 Å². The predicted molar refractivity (Wildman–Crippen MR) is 89.1 cm³/mol. The van der Waals surface area contributed by atoms with Crippen molar-refractivity contribution in [3.63, 3.8) is 0 Å². The number of nitrogens with zero attached hydrogens (tertiary/aromatic N) is 3. The summed E-state index contributed by atoms with van der Waals surface area (Å²) in [6, 6.07) is 3.86. The molecule has 0 amide bonds. The molecule has 2 aliphatic rings. The largest absolute Gasteiger partial charge is 0.505 e. The highest BCUT2D eigenvalue weighted by Gasteiger charge is 2.43. The number of aryl methyl sites for hydroxylation is 1. The molecule has 0 aromatic heterocycles. The van der Waals surface area contributed by atoms with Crippen molar-refractivity contribution in [2.45, 2.75) is 51.6 Å². The summed E-state index contributed by atoms with van der Waals surface area (Å²) in [5.74, 6) is 0.755. The van der Waals surface area contributed by atoms with E-state index in [0.717, 1.165) is 36.8 Å². The first kappa shape index (κ1) is 14.7. The van der Waals surface area contributed by atoms with Crippen LogP contribution in [0.4, 0.5) is 5.69 Å². The average molecular weight is 301 g/mol. The van der Waals surface area contributed by atoms with E-state index in [1.807, 2.05) is 30.9 Å². The van der Waals surface area contributed by atoms with Crippen molar-refractivity contribution in [3.05, 3.63) is 23.3 Å². The maximum absolute atomic E-state index is 10.6. The number of guanidine groups is 2. The number of aliphatic imine (C=N–C) groups is 2. The molecule has 1 aliphatic carbocycles. The summed E-state index contributed by atoms with van der Waals surface area (Å²) < 4.78 is 0. The van der Waals surface area contributed by atoms with Crippen molar-refractivity contribution in [2.24, 2.45) is 21.5 Å². The van der Waals surface area contributed by atoms with Crippen LogP contribution >= 0.6 is 0 Å². The van der Waals surface area contributed by atoms with Crippen molar-refractivity contribution in [3.8, 4) is 5.75 Å². The first-order valence-corrected chi connectivity index (χ1v) is 7.73. The minimum atomic E-state index is -0.520. The fourth-order valence-corrected chi connectivity index (χ4v) is 3.44.